The van der Waals surface area contributed by atoms with Gasteiger partial charge in [0.1, 0.15) is 10.1 Å². The van der Waals surface area contributed by atoms with Crippen molar-refractivity contribution in [3.05, 3.63) is 35.9 Å². The molecule has 6 heteroatoms. The van der Waals surface area contributed by atoms with Gasteiger partial charge in [-0.2, -0.15) is 0 Å². The molecule has 0 saturated carbocycles. The smallest absolute Gasteiger partial charge is 0.138 e. The molecule has 22 heavy (non-hydrogen) atoms. The molecule has 122 valence electrons. The lowest BCUT2D eigenvalue weighted by Gasteiger charge is -2.34. The van der Waals surface area contributed by atoms with Crippen LogP contribution in [0.4, 0.5) is 0 Å². The minimum Gasteiger partial charge on any atom is -0.355 e. The average Bonchev–Trinajstić information content (AvgIpc) is 2.48. The Labute approximate surface area is 148 Å². The van der Waals surface area contributed by atoms with Crippen LogP contribution in [0.15, 0.2) is 30.3 Å². The lowest BCUT2D eigenvalue weighted by molar-refractivity contribution is -0.117. The zero-order valence-corrected chi connectivity index (χ0v) is 15.5. The summed E-state index contributed by atoms with van der Waals surface area (Å²) >= 11 is 7.16. The summed E-state index contributed by atoms with van der Waals surface area (Å²) in [6, 6.07) is 9.98. The second kappa shape index (κ2) is 9.50. The van der Waals surface area contributed by atoms with Crippen LogP contribution in [0.1, 0.15) is 18.4 Å². The Morgan fingerprint density at radius 3 is 2.36 bits per heavy atom. The molecule has 0 aliphatic carbocycles. The summed E-state index contributed by atoms with van der Waals surface area (Å²) in [6.07, 6.45) is 0. The number of likely N-dealkylation sites (N-methyl/N-ethyl adjacent to an activating group) is 1. The third-order valence-corrected chi connectivity index (χ3v) is 5.44. The molecular formula is C16H23ClN2OS2. The fraction of sp³-hybridized carbons (Fsp3) is 0.500. The minimum atomic E-state index is -0.0679. The van der Waals surface area contributed by atoms with E-state index in [1.165, 1.54) is 0 Å². The summed E-state index contributed by atoms with van der Waals surface area (Å²) in [5, 5.41) is 0. The van der Waals surface area contributed by atoms with Crippen LogP contribution >= 0.6 is 36.4 Å². The fourth-order valence-electron chi connectivity index (χ4n) is 2.37. The number of Topliss-reactive ketones (excluding diaryl/α,β-unsaturated/α-hetero) is 1. The topological polar surface area (TPSA) is 23.6 Å². The Balaban J connectivity index is 0.00000242. The van der Waals surface area contributed by atoms with Crippen molar-refractivity contribution in [3.8, 4) is 0 Å². The molecule has 1 heterocycles. The predicted octanol–water partition coefficient (Wildman–Crippen LogP) is 3.05. The number of nitrogens with zero attached hydrogens (tertiary/aromatic N) is 2. The largest absolute Gasteiger partial charge is 0.355 e. The van der Waals surface area contributed by atoms with E-state index in [0.717, 1.165) is 41.8 Å². The first-order chi connectivity index (χ1) is 10.1. The third kappa shape index (κ3) is 5.54. The molecule has 1 fully saturated rings. The zero-order chi connectivity index (χ0) is 15.2. The molecule has 1 atom stereocenters. The number of thioether (sulfide) groups is 1. The van der Waals surface area contributed by atoms with E-state index in [1.54, 1.807) is 18.7 Å². The first kappa shape index (κ1) is 19.4. The first-order valence-electron chi connectivity index (χ1n) is 7.23. The van der Waals surface area contributed by atoms with Crippen molar-refractivity contribution in [1.82, 2.24) is 9.80 Å². The van der Waals surface area contributed by atoms with Crippen molar-refractivity contribution in [2.24, 2.45) is 0 Å². The number of rotatable bonds is 4. The van der Waals surface area contributed by atoms with Gasteiger partial charge < -0.3 is 9.80 Å². The Morgan fingerprint density at radius 2 is 1.82 bits per heavy atom. The van der Waals surface area contributed by atoms with Gasteiger partial charge in [-0.15, -0.1) is 12.4 Å². The Kier molecular flexibility index (Phi) is 8.39. The highest BCUT2D eigenvalue weighted by atomic mass is 35.5. The van der Waals surface area contributed by atoms with Gasteiger partial charge >= 0.3 is 0 Å². The number of carbonyl (C=O) groups excluding carboxylic acids is 1. The molecule has 0 bridgehead atoms. The van der Waals surface area contributed by atoms with Crippen LogP contribution in [0, 0.1) is 0 Å². The molecule has 1 aliphatic rings. The van der Waals surface area contributed by atoms with Gasteiger partial charge in [-0.05, 0) is 19.5 Å². The van der Waals surface area contributed by atoms with Crippen LogP contribution in [0.25, 0.3) is 0 Å². The standard InChI is InChI=1S/C16H22N2OS2.ClH/c1-13(19)15(14-6-4-3-5-7-14)12-21-16(20)18-10-8-17(2)9-11-18;/h3-7,15H,8-12H2,1-2H3;1H. The summed E-state index contributed by atoms with van der Waals surface area (Å²) in [5.41, 5.74) is 1.08. The van der Waals surface area contributed by atoms with E-state index in [-0.39, 0.29) is 24.1 Å². The molecule has 0 N–H and O–H groups in total. The van der Waals surface area contributed by atoms with E-state index in [4.69, 9.17) is 12.2 Å². The average molecular weight is 359 g/mol. The van der Waals surface area contributed by atoms with Crippen LogP contribution in [-0.4, -0.2) is 58.9 Å². The van der Waals surface area contributed by atoms with Crippen molar-refractivity contribution in [3.63, 3.8) is 0 Å². The Hall–Kier alpha value is -0.620. The molecule has 3 nitrogen and oxygen atoms in total. The van der Waals surface area contributed by atoms with Crippen LogP contribution in [0.2, 0.25) is 0 Å². The second-order valence-electron chi connectivity index (χ2n) is 5.44. The zero-order valence-electron chi connectivity index (χ0n) is 13.0. The van der Waals surface area contributed by atoms with Gasteiger partial charge in [-0.25, -0.2) is 0 Å². The molecule has 1 aromatic rings. The van der Waals surface area contributed by atoms with E-state index < -0.39 is 0 Å². The second-order valence-corrected chi connectivity index (χ2v) is 7.09. The maximum absolute atomic E-state index is 11.9. The molecule has 0 radical (unpaired) electrons. The molecule has 0 spiro atoms. The van der Waals surface area contributed by atoms with Crippen LogP contribution < -0.4 is 0 Å². The van der Waals surface area contributed by atoms with Crippen molar-refractivity contribution >= 4 is 46.5 Å². The molecule has 0 amide bonds. The summed E-state index contributed by atoms with van der Waals surface area (Å²) in [4.78, 5) is 16.5. The highest BCUT2D eigenvalue weighted by Crippen LogP contribution is 2.24. The molecule has 1 aromatic carbocycles. The van der Waals surface area contributed by atoms with Crippen molar-refractivity contribution < 1.29 is 4.79 Å². The van der Waals surface area contributed by atoms with Gasteiger partial charge in [0.15, 0.2) is 0 Å². The normalized spacial score (nSPS) is 16.7. The van der Waals surface area contributed by atoms with E-state index in [9.17, 15) is 4.79 Å². The fourth-order valence-corrected chi connectivity index (χ4v) is 3.86. The molecule has 1 aliphatic heterocycles. The minimum absolute atomic E-state index is 0. The Bertz CT molecular complexity index is 490. The van der Waals surface area contributed by atoms with Crippen LogP contribution in [0.3, 0.4) is 0 Å². The molecule has 1 saturated heterocycles. The number of ketones is 1. The Morgan fingerprint density at radius 1 is 1.23 bits per heavy atom. The quantitative estimate of drug-likeness (QED) is 0.770. The van der Waals surface area contributed by atoms with Gasteiger partial charge in [0.25, 0.3) is 0 Å². The van der Waals surface area contributed by atoms with Crippen LogP contribution in [-0.2, 0) is 4.79 Å². The number of carbonyl (C=O) groups is 1. The van der Waals surface area contributed by atoms with Gasteiger partial charge in [0, 0.05) is 31.9 Å². The summed E-state index contributed by atoms with van der Waals surface area (Å²) in [6.45, 7) is 5.74. The number of benzene rings is 1. The van der Waals surface area contributed by atoms with Gasteiger partial charge in [-0.3, -0.25) is 4.79 Å². The number of hydrogen-bond donors (Lipinski definition) is 0. The SMILES string of the molecule is CC(=O)C(CSC(=S)N1CCN(C)CC1)c1ccccc1.Cl. The monoisotopic (exact) mass is 358 g/mol. The van der Waals surface area contributed by atoms with Gasteiger partial charge in [0.2, 0.25) is 0 Å². The highest BCUT2D eigenvalue weighted by Gasteiger charge is 2.21. The molecule has 0 aromatic heterocycles. The molecule has 1 unspecified atom stereocenters. The van der Waals surface area contributed by atoms with Gasteiger partial charge in [0.05, 0.1) is 5.92 Å². The van der Waals surface area contributed by atoms with E-state index in [2.05, 4.69) is 16.8 Å². The first-order valence-corrected chi connectivity index (χ1v) is 8.63. The van der Waals surface area contributed by atoms with Crippen molar-refractivity contribution in [1.29, 1.82) is 0 Å². The van der Waals surface area contributed by atoms with Gasteiger partial charge in [-0.1, -0.05) is 54.3 Å². The van der Waals surface area contributed by atoms with Crippen molar-refractivity contribution in [2.45, 2.75) is 12.8 Å². The maximum Gasteiger partial charge on any atom is 0.138 e. The lowest BCUT2D eigenvalue weighted by Crippen LogP contribution is -2.45. The maximum atomic E-state index is 11.9. The summed E-state index contributed by atoms with van der Waals surface area (Å²) in [5.74, 6) is 0.862. The lowest BCUT2D eigenvalue weighted by atomic mass is 9.98. The van der Waals surface area contributed by atoms with Crippen LogP contribution in [0.5, 0.6) is 0 Å². The number of halogens is 1. The van der Waals surface area contributed by atoms with E-state index in [1.807, 2.05) is 30.3 Å². The molecular weight excluding hydrogens is 336 g/mol. The van der Waals surface area contributed by atoms with E-state index in [0.29, 0.717) is 0 Å². The predicted molar refractivity (Wildman–Crippen MR) is 101 cm³/mol. The third-order valence-electron chi connectivity index (χ3n) is 3.83. The number of thiocarbonyl (C=S) groups is 1. The highest BCUT2D eigenvalue weighted by molar-refractivity contribution is 8.22. The van der Waals surface area contributed by atoms with Crippen molar-refractivity contribution in [2.75, 3.05) is 39.0 Å². The van der Waals surface area contributed by atoms with E-state index >= 15 is 0 Å². The molecule has 2 rings (SSSR count). The number of piperazine rings is 1. The summed E-state index contributed by atoms with van der Waals surface area (Å²) < 4.78 is 0.922. The summed E-state index contributed by atoms with van der Waals surface area (Å²) in [7, 11) is 2.13. The number of hydrogen-bond acceptors (Lipinski definition) is 4.